The van der Waals surface area contributed by atoms with Gasteiger partial charge in [0.25, 0.3) is 0 Å². The molecule has 0 bridgehead atoms. The summed E-state index contributed by atoms with van der Waals surface area (Å²) in [6.45, 7) is 0. The molecule has 5 aromatic rings. The van der Waals surface area contributed by atoms with Gasteiger partial charge in [-0.3, -0.25) is 0 Å². The van der Waals surface area contributed by atoms with Crippen LogP contribution in [0.3, 0.4) is 0 Å². The molecule has 0 radical (unpaired) electrons. The van der Waals surface area contributed by atoms with Gasteiger partial charge in [0.05, 0.1) is 0 Å². The number of nitrogens with one attached hydrogen (secondary N) is 1. The SMILES string of the molecule is O=C(O)/C(Cc1c[nH]c2ccc(Cl)cc12)=N/OC(c1ccccc1)(c1ccccc1)c1ccccc1. The van der Waals surface area contributed by atoms with E-state index in [1.165, 1.54) is 0 Å². The van der Waals surface area contributed by atoms with Crippen molar-refractivity contribution in [2.75, 3.05) is 0 Å². The van der Waals surface area contributed by atoms with E-state index < -0.39 is 11.6 Å². The maximum absolute atomic E-state index is 12.3. The standard InChI is InChI=1S/C30H23ClN2O3/c31-25-16-17-27-26(19-25)21(20-32-27)18-28(29(34)35)33-36-30(22-10-4-1-5-11-22,23-12-6-2-7-13-23)24-14-8-3-9-15-24/h1-17,19-20,32H,18H2,(H,34,35)/b33-28+. The Hall–Kier alpha value is -4.35. The average molecular weight is 495 g/mol. The molecule has 0 fully saturated rings. The van der Waals surface area contributed by atoms with E-state index in [1.807, 2.05) is 103 Å². The van der Waals surface area contributed by atoms with E-state index in [4.69, 9.17) is 16.4 Å². The van der Waals surface area contributed by atoms with Crippen LogP contribution in [0, 0.1) is 0 Å². The number of carboxylic acid groups (broad SMARTS) is 1. The Labute approximate surface area is 213 Å². The van der Waals surface area contributed by atoms with Crippen LogP contribution in [0.25, 0.3) is 10.9 Å². The van der Waals surface area contributed by atoms with Crippen molar-refractivity contribution in [3.8, 4) is 0 Å². The normalized spacial score (nSPS) is 12.0. The summed E-state index contributed by atoms with van der Waals surface area (Å²) >= 11 is 6.19. The molecule has 0 saturated carbocycles. The van der Waals surface area contributed by atoms with Crippen LogP contribution in [-0.2, 0) is 21.7 Å². The maximum atomic E-state index is 12.3. The van der Waals surface area contributed by atoms with E-state index in [9.17, 15) is 9.90 Å². The third-order valence-corrected chi connectivity index (χ3v) is 6.40. The minimum atomic E-state index is -1.16. The molecular formula is C30H23ClN2O3. The van der Waals surface area contributed by atoms with Gasteiger partial charge < -0.3 is 14.9 Å². The molecule has 0 amide bonds. The van der Waals surface area contributed by atoms with Crippen LogP contribution < -0.4 is 0 Å². The molecule has 0 aliphatic carbocycles. The van der Waals surface area contributed by atoms with Crippen molar-refractivity contribution in [1.82, 2.24) is 4.98 Å². The largest absolute Gasteiger partial charge is 0.477 e. The van der Waals surface area contributed by atoms with Crippen LogP contribution in [0.2, 0.25) is 5.02 Å². The number of benzene rings is 4. The number of hydrogen-bond acceptors (Lipinski definition) is 3. The first-order valence-corrected chi connectivity index (χ1v) is 11.9. The molecule has 0 spiro atoms. The molecule has 4 aromatic carbocycles. The van der Waals surface area contributed by atoms with Crippen LogP contribution in [0.4, 0.5) is 0 Å². The first kappa shape index (κ1) is 23.4. The number of aliphatic carboxylic acids is 1. The van der Waals surface area contributed by atoms with Gasteiger partial charge in [0.1, 0.15) is 0 Å². The minimum Gasteiger partial charge on any atom is -0.477 e. The van der Waals surface area contributed by atoms with Crippen molar-refractivity contribution in [3.63, 3.8) is 0 Å². The lowest BCUT2D eigenvalue weighted by molar-refractivity contribution is -0.129. The third kappa shape index (κ3) is 4.49. The molecule has 0 aliphatic heterocycles. The van der Waals surface area contributed by atoms with Gasteiger partial charge in [0, 0.05) is 45.2 Å². The maximum Gasteiger partial charge on any atom is 0.354 e. The Kier molecular flexibility index (Phi) is 6.56. The fourth-order valence-electron chi connectivity index (χ4n) is 4.42. The monoisotopic (exact) mass is 494 g/mol. The molecule has 0 saturated heterocycles. The van der Waals surface area contributed by atoms with E-state index in [0.717, 1.165) is 33.2 Å². The lowest BCUT2D eigenvalue weighted by atomic mass is 9.80. The molecule has 1 heterocycles. The number of rotatable bonds is 8. The van der Waals surface area contributed by atoms with Crippen molar-refractivity contribution in [3.05, 3.63) is 143 Å². The van der Waals surface area contributed by atoms with Crippen molar-refractivity contribution < 1.29 is 14.7 Å². The highest BCUT2D eigenvalue weighted by Gasteiger charge is 2.40. The lowest BCUT2D eigenvalue weighted by Gasteiger charge is -2.33. The number of aromatic nitrogens is 1. The van der Waals surface area contributed by atoms with Crippen molar-refractivity contribution >= 4 is 34.2 Å². The Balaban J connectivity index is 1.64. The summed E-state index contributed by atoms with van der Waals surface area (Å²) < 4.78 is 0. The van der Waals surface area contributed by atoms with Gasteiger partial charge in [0.2, 0.25) is 5.60 Å². The molecule has 5 rings (SSSR count). The molecule has 0 atom stereocenters. The van der Waals surface area contributed by atoms with E-state index in [-0.39, 0.29) is 12.1 Å². The zero-order valence-corrected chi connectivity index (χ0v) is 20.0. The highest BCUT2D eigenvalue weighted by atomic mass is 35.5. The summed E-state index contributed by atoms with van der Waals surface area (Å²) in [6, 6.07) is 34.5. The number of fused-ring (bicyclic) bond motifs is 1. The van der Waals surface area contributed by atoms with E-state index >= 15 is 0 Å². The Morgan fingerprint density at radius 2 is 1.36 bits per heavy atom. The summed E-state index contributed by atoms with van der Waals surface area (Å²) in [5, 5.41) is 15.8. The second-order valence-electron chi connectivity index (χ2n) is 8.39. The first-order valence-electron chi connectivity index (χ1n) is 11.5. The first-order chi connectivity index (χ1) is 17.6. The van der Waals surface area contributed by atoms with E-state index in [0.29, 0.717) is 5.02 Å². The Morgan fingerprint density at radius 3 is 1.86 bits per heavy atom. The zero-order chi connectivity index (χ0) is 25.0. The molecule has 178 valence electrons. The van der Waals surface area contributed by atoms with Gasteiger partial charge in [-0.2, -0.15) is 0 Å². The molecule has 36 heavy (non-hydrogen) atoms. The molecule has 0 aliphatic rings. The summed E-state index contributed by atoms with van der Waals surface area (Å²) in [5.41, 5.74) is 2.84. The number of carboxylic acids is 1. The lowest BCUT2D eigenvalue weighted by Crippen LogP contribution is -2.32. The fourth-order valence-corrected chi connectivity index (χ4v) is 4.60. The van der Waals surface area contributed by atoms with Crippen molar-refractivity contribution in [2.45, 2.75) is 12.0 Å². The van der Waals surface area contributed by atoms with Crippen LogP contribution in [0.15, 0.2) is 121 Å². The average Bonchev–Trinajstić information content (AvgIpc) is 3.31. The van der Waals surface area contributed by atoms with Gasteiger partial charge in [-0.05, 0) is 23.8 Å². The quantitative estimate of drug-likeness (QED) is 0.141. The summed E-state index contributed by atoms with van der Waals surface area (Å²) in [5.74, 6) is -1.16. The van der Waals surface area contributed by atoms with Gasteiger partial charge in [-0.15, -0.1) is 0 Å². The number of oxime groups is 1. The van der Waals surface area contributed by atoms with E-state index in [2.05, 4.69) is 10.1 Å². The number of nitrogens with zero attached hydrogens (tertiary/aromatic N) is 1. The highest BCUT2D eigenvalue weighted by molar-refractivity contribution is 6.36. The summed E-state index contributed by atoms with van der Waals surface area (Å²) in [4.78, 5) is 21.8. The molecule has 5 nitrogen and oxygen atoms in total. The van der Waals surface area contributed by atoms with Crippen molar-refractivity contribution in [1.29, 1.82) is 0 Å². The smallest absolute Gasteiger partial charge is 0.354 e. The molecule has 0 unspecified atom stereocenters. The van der Waals surface area contributed by atoms with Crippen LogP contribution in [0.1, 0.15) is 22.3 Å². The van der Waals surface area contributed by atoms with Gasteiger partial charge in [0.15, 0.2) is 5.71 Å². The highest BCUT2D eigenvalue weighted by Crippen LogP contribution is 2.40. The molecule has 2 N–H and O–H groups in total. The predicted molar refractivity (Wildman–Crippen MR) is 142 cm³/mol. The van der Waals surface area contributed by atoms with Gasteiger partial charge in [-0.25, -0.2) is 4.79 Å². The zero-order valence-electron chi connectivity index (χ0n) is 19.3. The number of halogens is 1. The van der Waals surface area contributed by atoms with Gasteiger partial charge >= 0.3 is 5.97 Å². The number of carbonyl (C=O) groups is 1. The number of hydrogen-bond donors (Lipinski definition) is 2. The number of aromatic amines is 1. The topological polar surface area (TPSA) is 74.7 Å². The molecule has 1 aromatic heterocycles. The molecule has 6 heteroatoms. The van der Waals surface area contributed by atoms with Crippen LogP contribution in [0.5, 0.6) is 0 Å². The third-order valence-electron chi connectivity index (χ3n) is 6.17. The van der Waals surface area contributed by atoms with Crippen LogP contribution >= 0.6 is 11.6 Å². The number of H-pyrrole nitrogens is 1. The Morgan fingerprint density at radius 1 is 0.833 bits per heavy atom. The van der Waals surface area contributed by atoms with Crippen molar-refractivity contribution in [2.24, 2.45) is 5.16 Å². The second kappa shape index (κ2) is 10.1. The summed E-state index contributed by atoms with van der Waals surface area (Å²) in [6.07, 6.45) is 1.84. The van der Waals surface area contributed by atoms with Gasteiger partial charge in [-0.1, -0.05) is 108 Å². The van der Waals surface area contributed by atoms with E-state index in [1.54, 1.807) is 12.3 Å². The molecular weight excluding hydrogens is 472 g/mol. The Bertz CT molecular complexity index is 1420. The van der Waals surface area contributed by atoms with Crippen LogP contribution in [-0.4, -0.2) is 21.8 Å². The fraction of sp³-hybridized carbons (Fsp3) is 0.0667. The minimum absolute atomic E-state index is 0.0596. The predicted octanol–water partition coefficient (Wildman–Crippen LogP) is 6.81. The summed E-state index contributed by atoms with van der Waals surface area (Å²) in [7, 11) is 0. The second-order valence-corrected chi connectivity index (χ2v) is 8.83.